The molecule has 1 saturated heterocycles. The van der Waals surface area contributed by atoms with Gasteiger partial charge in [0.2, 0.25) is 0 Å². The maximum absolute atomic E-state index is 13.8. The minimum atomic E-state index is -0.273. The average molecular weight is 513 g/mol. The van der Waals surface area contributed by atoms with Crippen LogP contribution in [0.25, 0.3) is 10.9 Å². The predicted octanol–water partition coefficient (Wildman–Crippen LogP) is 5.28. The molecule has 1 aromatic carbocycles. The second kappa shape index (κ2) is 11.2. The Bertz CT molecular complexity index is 1420. The van der Waals surface area contributed by atoms with Crippen molar-refractivity contribution in [3.05, 3.63) is 81.7 Å². The lowest BCUT2D eigenvalue weighted by Crippen LogP contribution is -2.30. The molecule has 2 fully saturated rings. The zero-order chi connectivity index (χ0) is 25.9. The molecule has 1 aliphatic heterocycles. The van der Waals surface area contributed by atoms with E-state index in [1.54, 1.807) is 6.20 Å². The summed E-state index contributed by atoms with van der Waals surface area (Å²) < 4.78 is 8.16. The smallest absolute Gasteiger partial charge is 0.252 e. The van der Waals surface area contributed by atoms with Crippen LogP contribution in [0.15, 0.2) is 53.6 Å². The van der Waals surface area contributed by atoms with Crippen LogP contribution in [-0.2, 0) is 11.2 Å². The molecule has 1 aliphatic carbocycles. The molecular weight excluding hydrogens is 476 g/mol. The number of H-pyrrole nitrogens is 1. The van der Waals surface area contributed by atoms with Crippen LogP contribution >= 0.6 is 0 Å². The van der Waals surface area contributed by atoms with Crippen molar-refractivity contribution in [1.82, 2.24) is 30.2 Å². The van der Waals surface area contributed by atoms with Crippen molar-refractivity contribution in [3.8, 4) is 0 Å². The number of pyridine rings is 2. The molecule has 6 rings (SSSR count). The summed E-state index contributed by atoms with van der Waals surface area (Å²) >= 11 is 0. The zero-order valence-electron chi connectivity index (χ0n) is 22.1. The maximum atomic E-state index is 13.8. The maximum Gasteiger partial charge on any atom is 0.252 e. The zero-order valence-corrected chi connectivity index (χ0v) is 22.1. The number of aromatic amines is 1. The third kappa shape index (κ3) is 5.27. The number of aryl methyl sites for hydroxylation is 1. The largest absolute Gasteiger partial charge is 0.378 e. The number of nitrogens with one attached hydrogen (secondary N) is 1. The first kappa shape index (κ1) is 24.9. The van der Waals surface area contributed by atoms with Gasteiger partial charge in [0.05, 0.1) is 18.1 Å². The molecule has 4 aromatic rings. The van der Waals surface area contributed by atoms with E-state index >= 15 is 0 Å². The van der Waals surface area contributed by atoms with E-state index in [4.69, 9.17) is 4.74 Å². The Morgan fingerprint density at radius 2 is 2.00 bits per heavy atom. The molecule has 1 saturated carbocycles. The first-order chi connectivity index (χ1) is 18.7. The van der Waals surface area contributed by atoms with Crippen LogP contribution in [0.5, 0.6) is 0 Å². The summed E-state index contributed by atoms with van der Waals surface area (Å²) in [5, 5.41) is 14.4. The van der Waals surface area contributed by atoms with Crippen LogP contribution in [0, 0.1) is 12.8 Å². The van der Waals surface area contributed by atoms with Gasteiger partial charge in [-0.3, -0.25) is 9.78 Å². The molecule has 198 valence electrons. The van der Waals surface area contributed by atoms with Crippen LogP contribution in [0.1, 0.15) is 85.8 Å². The summed E-state index contributed by atoms with van der Waals surface area (Å²) in [4.78, 5) is 21.3. The van der Waals surface area contributed by atoms with Gasteiger partial charge in [-0.05, 0) is 97.0 Å². The lowest BCUT2D eigenvalue weighted by molar-refractivity contribution is 0.0860. The van der Waals surface area contributed by atoms with E-state index in [0.29, 0.717) is 0 Å². The van der Waals surface area contributed by atoms with Crippen molar-refractivity contribution in [2.24, 2.45) is 5.92 Å². The van der Waals surface area contributed by atoms with Gasteiger partial charge in [-0.1, -0.05) is 37.0 Å². The van der Waals surface area contributed by atoms with Gasteiger partial charge in [-0.15, -0.1) is 5.10 Å². The molecule has 0 amide bonds. The number of ether oxygens (including phenoxy) is 1. The van der Waals surface area contributed by atoms with Crippen LogP contribution in [0.3, 0.4) is 0 Å². The molecule has 1 N–H and O–H groups in total. The topological polar surface area (TPSA) is 98.6 Å². The fourth-order valence-corrected chi connectivity index (χ4v) is 6.50. The fraction of sp³-hybridized carbons (Fsp3) is 0.500. The summed E-state index contributed by atoms with van der Waals surface area (Å²) in [5.74, 6) is 0.588. The van der Waals surface area contributed by atoms with Crippen LogP contribution in [-0.4, -0.2) is 42.9 Å². The van der Waals surface area contributed by atoms with E-state index in [2.05, 4.69) is 50.6 Å². The van der Waals surface area contributed by atoms with E-state index in [-0.39, 0.29) is 29.5 Å². The lowest BCUT2D eigenvalue weighted by Gasteiger charge is -2.30. The molecule has 38 heavy (non-hydrogen) atoms. The van der Waals surface area contributed by atoms with Crippen molar-refractivity contribution in [3.63, 3.8) is 0 Å². The number of hydrogen-bond donors (Lipinski definition) is 1. The number of tetrazole rings is 1. The summed E-state index contributed by atoms with van der Waals surface area (Å²) in [6.45, 7) is 2.87. The fourth-order valence-electron chi connectivity index (χ4n) is 6.50. The van der Waals surface area contributed by atoms with Gasteiger partial charge in [0.1, 0.15) is 0 Å². The van der Waals surface area contributed by atoms with Crippen molar-refractivity contribution in [2.75, 3.05) is 6.61 Å². The normalized spacial score (nSPS) is 20.1. The summed E-state index contributed by atoms with van der Waals surface area (Å²) in [6, 6.07) is 12.6. The monoisotopic (exact) mass is 512 g/mol. The van der Waals surface area contributed by atoms with Crippen LogP contribution in [0.4, 0.5) is 0 Å². The Morgan fingerprint density at radius 1 is 1.11 bits per heavy atom. The van der Waals surface area contributed by atoms with Crippen molar-refractivity contribution in [2.45, 2.75) is 82.8 Å². The van der Waals surface area contributed by atoms with Gasteiger partial charge in [0.15, 0.2) is 5.82 Å². The van der Waals surface area contributed by atoms with Crippen molar-refractivity contribution < 1.29 is 4.74 Å². The number of rotatable bonds is 8. The van der Waals surface area contributed by atoms with Gasteiger partial charge < -0.3 is 9.72 Å². The molecule has 0 radical (unpaired) electrons. The molecule has 4 heterocycles. The number of nitrogens with zero attached hydrogens (tertiary/aromatic N) is 5. The summed E-state index contributed by atoms with van der Waals surface area (Å²) in [7, 11) is 0. The summed E-state index contributed by atoms with van der Waals surface area (Å²) in [6.07, 6.45) is 13.4. The van der Waals surface area contributed by atoms with Gasteiger partial charge in [-0.2, -0.15) is 0 Å². The van der Waals surface area contributed by atoms with Gasteiger partial charge in [-0.25, -0.2) is 4.68 Å². The second-order valence-electron chi connectivity index (χ2n) is 11.1. The Hall–Kier alpha value is -3.39. The Kier molecular flexibility index (Phi) is 7.31. The molecule has 3 atom stereocenters. The highest BCUT2D eigenvalue weighted by Gasteiger charge is 2.36. The quantitative estimate of drug-likeness (QED) is 0.345. The molecule has 3 unspecified atom stereocenters. The van der Waals surface area contributed by atoms with E-state index in [0.717, 1.165) is 78.5 Å². The number of hydrogen-bond acceptors (Lipinski definition) is 6. The number of fused-ring (bicyclic) bond motifs is 1. The summed E-state index contributed by atoms with van der Waals surface area (Å²) in [5.41, 5.74) is 3.79. The minimum Gasteiger partial charge on any atom is -0.378 e. The average Bonchev–Trinajstić information content (AvgIpc) is 3.63. The van der Waals surface area contributed by atoms with Crippen LogP contribution < -0.4 is 5.56 Å². The highest BCUT2D eigenvalue weighted by molar-refractivity contribution is 5.79. The molecule has 8 nitrogen and oxygen atoms in total. The Labute approximate surface area is 222 Å². The van der Waals surface area contributed by atoms with Crippen molar-refractivity contribution >= 4 is 10.9 Å². The van der Waals surface area contributed by atoms with Crippen LogP contribution in [0.2, 0.25) is 0 Å². The standard InChI is InChI=1S/C30H36N6O2/c1-20-11-12-27-22(15-20)18-26(30(37)32-27)28(29-33-34-35-36(29)24-8-3-2-4-9-24)23(17-25-10-6-14-38-25)16-21-7-5-13-31-19-21/h5,7,11-13,15,18-19,23-25,28H,2-4,6,8-10,14,16-17H2,1H3,(H,32,37). The van der Waals surface area contributed by atoms with E-state index in [1.165, 1.54) is 19.3 Å². The number of benzene rings is 1. The first-order valence-electron chi connectivity index (χ1n) is 14.1. The third-order valence-electron chi connectivity index (χ3n) is 8.36. The van der Waals surface area contributed by atoms with Gasteiger partial charge in [0, 0.05) is 30.1 Å². The highest BCUT2D eigenvalue weighted by Crippen LogP contribution is 2.39. The number of aromatic nitrogens is 6. The minimum absolute atomic E-state index is 0.0685. The van der Waals surface area contributed by atoms with E-state index in [1.807, 2.05) is 29.1 Å². The molecule has 2 aliphatic rings. The molecule has 0 spiro atoms. The van der Waals surface area contributed by atoms with Crippen molar-refractivity contribution in [1.29, 1.82) is 0 Å². The van der Waals surface area contributed by atoms with Gasteiger partial charge >= 0.3 is 0 Å². The third-order valence-corrected chi connectivity index (χ3v) is 8.36. The predicted molar refractivity (Wildman–Crippen MR) is 146 cm³/mol. The highest BCUT2D eigenvalue weighted by atomic mass is 16.5. The first-order valence-corrected chi connectivity index (χ1v) is 14.1. The molecule has 0 bridgehead atoms. The molecule has 8 heteroatoms. The molecule has 3 aromatic heterocycles. The lowest BCUT2D eigenvalue weighted by atomic mass is 9.78. The van der Waals surface area contributed by atoms with E-state index in [9.17, 15) is 4.79 Å². The second-order valence-corrected chi connectivity index (χ2v) is 11.1. The Morgan fingerprint density at radius 3 is 2.79 bits per heavy atom. The van der Waals surface area contributed by atoms with Gasteiger partial charge in [0.25, 0.3) is 5.56 Å². The SMILES string of the molecule is Cc1ccc2[nH]c(=O)c(C(c3nnnn3C3CCCCC3)C(Cc3cccnc3)CC3CCCO3)cc2c1. The Balaban J connectivity index is 1.50. The van der Waals surface area contributed by atoms with E-state index < -0.39 is 0 Å². The molecular formula is C30H36N6O2.